The standard InChI is InChI=1S/C11H13N3/c1-8-10(14-11(12)13-8)7-9-5-3-2-4-6-9/h2-6H,7H2,1H3,(H3,12,13,14). The van der Waals surface area contributed by atoms with Crippen molar-refractivity contribution >= 4 is 5.95 Å². The Morgan fingerprint density at radius 3 is 2.57 bits per heavy atom. The molecule has 0 aliphatic carbocycles. The number of hydrogen-bond donors (Lipinski definition) is 2. The molecule has 0 fully saturated rings. The Labute approximate surface area is 83.0 Å². The monoisotopic (exact) mass is 187 g/mol. The van der Waals surface area contributed by atoms with Gasteiger partial charge < -0.3 is 10.7 Å². The van der Waals surface area contributed by atoms with Crippen molar-refractivity contribution in [2.45, 2.75) is 13.3 Å². The van der Waals surface area contributed by atoms with Crippen molar-refractivity contribution in [3.63, 3.8) is 0 Å². The number of anilines is 1. The Kier molecular flexibility index (Phi) is 2.23. The van der Waals surface area contributed by atoms with E-state index >= 15 is 0 Å². The third kappa shape index (κ3) is 1.76. The van der Waals surface area contributed by atoms with Crippen LogP contribution in [0.5, 0.6) is 0 Å². The molecule has 0 spiro atoms. The third-order valence-corrected chi connectivity index (χ3v) is 2.22. The van der Waals surface area contributed by atoms with Gasteiger partial charge in [0.1, 0.15) is 0 Å². The fraction of sp³-hybridized carbons (Fsp3) is 0.182. The minimum atomic E-state index is 0.494. The third-order valence-electron chi connectivity index (χ3n) is 2.22. The lowest BCUT2D eigenvalue weighted by atomic mass is 10.1. The summed E-state index contributed by atoms with van der Waals surface area (Å²) in [4.78, 5) is 7.22. The fourth-order valence-corrected chi connectivity index (χ4v) is 1.48. The normalized spacial score (nSPS) is 10.4. The first-order valence-corrected chi connectivity index (χ1v) is 4.60. The number of nitrogens with two attached hydrogens (primary N) is 1. The molecule has 1 heterocycles. The lowest BCUT2D eigenvalue weighted by Crippen LogP contribution is -1.91. The van der Waals surface area contributed by atoms with Crippen LogP contribution in [0.2, 0.25) is 0 Å². The molecule has 0 unspecified atom stereocenters. The first-order valence-electron chi connectivity index (χ1n) is 4.60. The molecular formula is C11H13N3. The number of nitrogens with zero attached hydrogens (tertiary/aromatic N) is 1. The summed E-state index contributed by atoms with van der Waals surface area (Å²) in [7, 11) is 0. The van der Waals surface area contributed by atoms with E-state index in [0.29, 0.717) is 5.95 Å². The van der Waals surface area contributed by atoms with E-state index < -0.39 is 0 Å². The predicted molar refractivity (Wildman–Crippen MR) is 57.0 cm³/mol. The van der Waals surface area contributed by atoms with Gasteiger partial charge in [-0.1, -0.05) is 30.3 Å². The number of nitrogen functional groups attached to an aromatic ring is 1. The summed E-state index contributed by atoms with van der Waals surface area (Å²) in [5.41, 5.74) is 8.89. The van der Waals surface area contributed by atoms with Crippen molar-refractivity contribution in [2.75, 3.05) is 5.73 Å². The fourth-order valence-electron chi connectivity index (χ4n) is 1.48. The summed E-state index contributed by atoms with van der Waals surface area (Å²) in [6, 6.07) is 10.2. The molecule has 2 rings (SSSR count). The highest BCUT2D eigenvalue weighted by Gasteiger charge is 2.04. The van der Waals surface area contributed by atoms with E-state index in [2.05, 4.69) is 22.1 Å². The number of aromatic nitrogens is 2. The summed E-state index contributed by atoms with van der Waals surface area (Å²) < 4.78 is 0. The highest BCUT2D eigenvalue weighted by atomic mass is 15.0. The van der Waals surface area contributed by atoms with Gasteiger partial charge in [0.2, 0.25) is 0 Å². The van der Waals surface area contributed by atoms with Crippen LogP contribution < -0.4 is 5.73 Å². The van der Waals surface area contributed by atoms with Gasteiger partial charge in [0.05, 0.1) is 5.69 Å². The molecule has 3 heteroatoms. The predicted octanol–water partition coefficient (Wildman–Crippen LogP) is 1.89. The smallest absolute Gasteiger partial charge is 0.197 e. The van der Waals surface area contributed by atoms with Crippen LogP contribution in [0.3, 0.4) is 0 Å². The molecule has 0 aliphatic rings. The minimum Gasteiger partial charge on any atom is -0.369 e. The molecule has 0 aliphatic heterocycles. The van der Waals surface area contributed by atoms with Gasteiger partial charge >= 0.3 is 0 Å². The van der Waals surface area contributed by atoms with Gasteiger partial charge in [-0.05, 0) is 12.5 Å². The van der Waals surface area contributed by atoms with Crippen LogP contribution in [0.15, 0.2) is 30.3 Å². The van der Waals surface area contributed by atoms with Crippen molar-refractivity contribution < 1.29 is 0 Å². The quantitative estimate of drug-likeness (QED) is 0.754. The van der Waals surface area contributed by atoms with Gasteiger partial charge in [0.25, 0.3) is 0 Å². The average molecular weight is 187 g/mol. The molecule has 14 heavy (non-hydrogen) atoms. The summed E-state index contributed by atoms with van der Waals surface area (Å²) in [6.07, 6.45) is 0.834. The number of imidazole rings is 1. The Morgan fingerprint density at radius 2 is 2.00 bits per heavy atom. The van der Waals surface area contributed by atoms with Crippen molar-refractivity contribution in [1.82, 2.24) is 9.97 Å². The second-order valence-corrected chi connectivity index (χ2v) is 3.36. The Hall–Kier alpha value is -1.77. The van der Waals surface area contributed by atoms with E-state index in [-0.39, 0.29) is 0 Å². The molecule has 0 bridgehead atoms. The highest BCUT2D eigenvalue weighted by Crippen LogP contribution is 2.11. The molecule has 1 aromatic heterocycles. The van der Waals surface area contributed by atoms with E-state index in [4.69, 9.17) is 5.73 Å². The topological polar surface area (TPSA) is 54.7 Å². The zero-order chi connectivity index (χ0) is 9.97. The molecule has 3 nitrogen and oxygen atoms in total. The second-order valence-electron chi connectivity index (χ2n) is 3.36. The van der Waals surface area contributed by atoms with Crippen molar-refractivity contribution in [2.24, 2.45) is 0 Å². The number of rotatable bonds is 2. The number of benzene rings is 1. The van der Waals surface area contributed by atoms with Crippen LogP contribution in [0.1, 0.15) is 17.0 Å². The van der Waals surface area contributed by atoms with Crippen molar-refractivity contribution in [1.29, 1.82) is 0 Å². The molecule has 0 radical (unpaired) electrons. The summed E-state index contributed by atoms with van der Waals surface area (Å²) >= 11 is 0. The second kappa shape index (κ2) is 3.54. The van der Waals surface area contributed by atoms with E-state index in [1.54, 1.807) is 0 Å². The maximum Gasteiger partial charge on any atom is 0.197 e. The van der Waals surface area contributed by atoms with E-state index in [1.807, 2.05) is 25.1 Å². The molecule has 0 atom stereocenters. The molecule has 3 N–H and O–H groups in total. The van der Waals surface area contributed by atoms with Crippen LogP contribution >= 0.6 is 0 Å². The van der Waals surface area contributed by atoms with Crippen LogP contribution in [0, 0.1) is 6.92 Å². The average Bonchev–Trinajstić information content (AvgIpc) is 2.47. The van der Waals surface area contributed by atoms with Crippen LogP contribution in [0.4, 0.5) is 5.95 Å². The molecule has 72 valence electrons. The van der Waals surface area contributed by atoms with Crippen LogP contribution in [-0.4, -0.2) is 9.97 Å². The highest BCUT2D eigenvalue weighted by molar-refractivity contribution is 5.30. The SMILES string of the molecule is Cc1[nH]c(N)nc1Cc1ccccc1. The van der Waals surface area contributed by atoms with Crippen molar-refractivity contribution in [3.05, 3.63) is 47.3 Å². The van der Waals surface area contributed by atoms with Gasteiger partial charge in [-0.25, -0.2) is 4.98 Å². The maximum absolute atomic E-state index is 5.57. The van der Waals surface area contributed by atoms with E-state index in [0.717, 1.165) is 17.8 Å². The Morgan fingerprint density at radius 1 is 1.29 bits per heavy atom. The maximum atomic E-state index is 5.57. The molecule has 2 aromatic rings. The molecular weight excluding hydrogens is 174 g/mol. The van der Waals surface area contributed by atoms with Crippen LogP contribution in [0.25, 0.3) is 0 Å². The first-order chi connectivity index (χ1) is 6.75. The van der Waals surface area contributed by atoms with Gasteiger partial charge in [-0.2, -0.15) is 0 Å². The molecule has 0 saturated heterocycles. The van der Waals surface area contributed by atoms with E-state index in [9.17, 15) is 0 Å². The summed E-state index contributed by atoms with van der Waals surface area (Å²) in [5, 5.41) is 0. The van der Waals surface area contributed by atoms with Gasteiger partial charge in [0, 0.05) is 12.1 Å². The summed E-state index contributed by atoms with van der Waals surface area (Å²) in [6.45, 7) is 1.99. The molecule has 1 aromatic carbocycles. The van der Waals surface area contributed by atoms with Gasteiger partial charge in [-0.15, -0.1) is 0 Å². The zero-order valence-corrected chi connectivity index (χ0v) is 8.12. The van der Waals surface area contributed by atoms with Crippen LogP contribution in [-0.2, 0) is 6.42 Å². The zero-order valence-electron chi connectivity index (χ0n) is 8.12. The largest absolute Gasteiger partial charge is 0.369 e. The van der Waals surface area contributed by atoms with E-state index in [1.165, 1.54) is 5.56 Å². The van der Waals surface area contributed by atoms with Gasteiger partial charge in [-0.3, -0.25) is 0 Å². The number of aryl methyl sites for hydroxylation is 1. The molecule has 0 saturated carbocycles. The Bertz CT molecular complexity index is 417. The number of hydrogen-bond acceptors (Lipinski definition) is 2. The first kappa shape index (κ1) is 8.81. The summed E-state index contributed by atoms with van der Waals surface area (Å²) in [5.74, 6) is 0.494. The molecule has 0 amide bonds. The number of aromatic amines is 1. The van der Waals surface area contributed by atoms with Crippen molar-refractivity contribution in [3.8, 4) is 0 Å². The lowest BCUT2D eigenvalue weighted by Gasteiger charge is -1.98. The minimum absolute atomic E-state index is 0.494. The number of H-pyrrole nitrogens is 1. The van der Waals surface area contributed by atoms with Gasteiger partial charge in [0.15, 0.2) is 5.95 Å². The lowest BCUT2D eigenvalue weighted by molar-refractivity contribution is 1.08. The number of nitrogens with one attached hydrogen (secondary N) is 1. The Balaban J connectivity index is 2.23.